The lowest BCUT2D eigenvalue weighted by Crippen LogP contribution is -2.01. The molecule has 0 saturated heterocycles. The van der Waals surface area contributed by atoms with Gasteiger partial charge in [0.25, 0.3) is 0 Å². The monoisotopic (exact) mass is 227 g/mol. The van der Waals surface area contributed by atoms with Crippen LogP contribution in [0.25, 0.3) is 0 Å². The van der Waals surface area contributed by atoms with Crippen molar-refractivity contribution in [3.05, 3.63) is 23.8 Å². The summed E-state index contributed by atoms with van der Waals surface area (Å²) in [6.07, 6.45) is 0.714. The fourth-order valence-corrected chi connectivity index (χ4v) is 1.96. The zero-order chi connectivity index (χ0) is 11.3. The summed E-state index contributed by atoms with van der Waals surface area (Å²) in [5.41, 5.74) is 5.98. The van der Waals surface area contributed by atoms with Crippen molar-refractivity contribution in [1.82, 2.24) is 0 Å². The third-order valence-electron chi connectivity index (χ3n) is 1.82. The highest BCUT2D eigenvalue weighted by molar-refractivity contribution is 7.99. The normalized spacial score (nSPS) is 10.2. The first kappa shape index (κ1) is 11.9. The van der Waals surface area contributed by atoms with Crippen molar-refractivity contribution in [1.29, 1.82) is 0 Å². The predicted molar refractivity (Wildman–Crippen MR) is 60.2 cm³/mol. The molecule has 0 aromatic heterocycles. The lowest BCUT2D eigenvalue weighted by molar-refractivity contribution is 0.0698. The van der Waals surface area contributed by atoms with Crippen molar-refractivity contribution in [2.45, 2.75) is 11.3 Å². The third-order valence-corrected chi connectivity index (χ3v) is 2.90. The molecule has 0 aliphatic rings. The Morgan fingerprint density at radius 1 is 1.47 bits per heavy atom. The van der Waals surface area contributed by atoms with E-state index in [1.54, 1.807) is 23.9 Å². The lowest BCUT2D eigenvalue weighted by Gasteiger charge is -2.04. The Morgan fingerprint density at radius 3 is 2.73 bits per heavy atom. The highest BCUT2D eigenvalue weighted by atomic mass is 32.2. The fourth-order valence-electron chi connectivity index (χ4n) is 1.08. The van der Waals surface area contributed by atoms with E-state index >= 15 is 0 Å². The third kappa shape index (κ3) is 3.45. The molecule has 0 amide bonds. The molecule has 4 nitrogen and oxygen atoms in total. The predicted octanol–water partition coefficient (Wildman–Crippen LogP) is 1.44. The zero-order valence-corrected chi connectivity index (χ0v) is 8.96. The topological polar surface area (TPSA) is 83.5 Å². The SMILES string of the molecule is Nc1cc(SCCCO)ccc1C(=O)O. The second kappa shape index (κ2) is 5.63. The van der Waals surface area contributed by atoms with E-state index in [4.69, 9.17) is 15.9 Å². The summed E-state index contributed by atoms with van der Waals surface area (Å²) >= 11 is 1.55. The van der Waals surface area contributed by atoms with Gasteiger partial charge in [-0.1, -0.05) is 0 Å². The first-order valence-corrected chi connectivity index (χ1v) is 5.50. The summed E-state index contributed by atoms with van der Waals surface area (Å²) in [5.74, 6) is -0.220. The Hall–Kier alpha value is -1.20. The van der Waals surface area contributed by atoms with Gasteiger partial charge in [-0.05, 0) is 24.6 Å². The van der Waals surface area contributed by atoms with Crippen molar-refractivity contribution >= 4 is 23.4 Å². The summed E-state index contributed by atoms with van der Waals surface area (Å²) in [6.45, 7) is 0.162. The van der Waals surface area contributed by atoms with Gasteiger partial charge in [-0.2, -0.15) is 0 Å². The molecule has 1 aromatic carbocycles. The number of aliphatic hydroxyl groups excluding tert-OH is 1. The number of nitrogens with two attached hydrogens (primary N) is 1. The molecule has 0 aliphatic carbocycles. The van der Waals surface area contributed by atoms with Crippen LogP contribution in [0.15, 0.2) is 23.1 Å². The Labute approximate surface area is 92.1 Å². The molecule has 0 saturated carbocycles. The Morgan fingerprint density at radius 2 is 2.20 bits per heavy atom. The van der Waals surface area contributed by atoms with Crippen LogP contribution in [0.1, 0.15) is 16.8 Å². The van der Waals surface area contributed by atoms with Gasteiger partial charge in [0.15, 0.2) is 0 Å². The first-order valence-electron chi connectivity index (χ1n) is 4.51. The lowest BCUT2D eigenvalue weighted by atomic mass is 10.2. The number of carboxylic acids is 1. The second-order valence-electron chi connectivity index (χ2n) is 2.98. The van der Waals surface area contributed by atoms with Crippen molar-refractivity contribution in [3.63, 3.8) is 0 Å². The molecule has 0 bridgehead atoms. The number of aromatic carboxylic acids is 1. The molecule has 5 heteroatoms. The number of anilines is 1. The second-order valence-corrected chi connectivity index (χ2v) is 4.15. The van der Waals surface area contributed by atoms with Gasteiger partial charge in [0.2, 0.25) is 0 Å². The number of hydrogen-bond acceptors (Lipinski definition) is 4. The standard InChI is InChI=1S/C10H13NO3S/c11-9-6-7(15-5-1-4-12)2-3-8(9)10(13)14/h2-3,6,12H,1,4-5,11H2,(H,13,14). The summed E-state index contributed by atoms with van der Waals surface area (Å²) in [4.78, 5) is 11.6. The smallest absolute Gasteiger partial charge is 0.337 e. The van der Waals surface area contributed by atoms with E-state index in [-0.39, 0.29) is 17.9 Å². The van der Waals surface area contributed by atoms with E-state index in [0.29, 0.717) is 6.42 Å². The zero-order valence-electron chi connectivity index (χ0n) is 8.14. The van der Waals surface area contributed by atoms with E-state index in [1.807, 2.05) is 0 Å². The number of nitrogen functional groups attached to an aromatic ring is 1. The summed E-state index contributed by atoms with van der Waals surface area (Å²) in [6, 6.07) is 4.87. The van der Waals surface area contributed by atoms with Gasteiger partial charge in [-0.25, -0.2) is 4.79 Å². The van der Waals surface area contributed by atoms with Gasteiger partial charge in [0.05, 0.1) is 5.56 Å². The highest BCUT2D eigenvalue weighted by Gasteiger charge is 2.07. The molecular weight excluding hydrogens is 214 g/mol. The Kier molecular flexibility index (Phi) is 4.45. The van der Waals surface area contributed by atoms with Gasteiger partial charge < -0.3 is 15.9 Å². The summed E-state index contributed by atoms with van der Waals surface area (Å²) < 4.78 is 0. The minimum Gasteiger partial charge on any atom is -0.478 e. The van der Waals surface area contributed by atoms with E-state index in [1.165, 1.54) is 6.07 Å². The molecule has 15 heavy (non-hydrogen) atoms. The number of hydrogen-bond donors (Lipinski definition) is 3. The summed E-state index contributed by atoms with van der Waals surface area (Å²) in [7, 11) is 0. The van der Waals surface area contributed by atoms with Gasteiger partial charge >= 0.3 is 5.97 Å². The minimum atomic E-state index is -1.01. The average molecular weight is 227 g/mol. The van der Waals surface area contributed by atoms with E-state index in [9.17, 15) is 4.79 Å². The molecular formula is C10H13NO3S. The fraction of sp³-hybridized carbons (Fsp3) is 0.300. The number of thioether (sulfide) groups is 1. The number of carbonyl (C=O) groups is 1. The number of carboxylic acid groups (broad SMARTS) is 1. The molecule has 1 rings (SSSR count). The highest BCUT2D eigenvalue weighted by Crippen LogP contribution is 2.23. The quantitative estimate of drug-likeness (QED) is 0.403. The molecule has 0 unspecified atom stereocenters. The van der Waals surface area contributed by atoms with Gasteiger partial charge in [0, 0.05) is 22.9 Å². The molecule has 0 heterocycles. The molecule has 4 N–H and O–H groups in total. The molecule has 82 valence electrons. The van der Waals surface area contributed by atoms with E-state index < -0.39 is 5.97 Å². The minimum absolute atomic E-state index is 0.126. The Bertz CT molecular complexity index is 355. The molecule has 1 aromatic rings. The number of benzene rings is 1. The molecule has 0 spiro atoms. The van der Waals surface area contributed by atoms with Crippen LogP contribution in [0.4, 0.5) is 5.69 Å². The van der Waals surface area contributed by atoms with Crippen molar-refractivity contribution in [3.8, 4) is 0 Å². The van der Waals surface area contributed by atoms with Crippen LogP contribution in [0, 0.1) is 0 Å². The average Bonchev–Trinajstić information content (AvgIpc) is 2.17. The molecule has 0 aliphatic heterocycles. The molecule has 0 fully saturated rings. The number of aliphatic hydroxyl groups is 1. The van der Waals surface area contributed by atoms with Crippen LogP contribution in [-0.2, 0) is 0 Å². The van der Waals surface area contributed by atoms with Gasteiger partial charge in [0.1, 0.15) is 0 Å². The van der Waals surface area contributed by atoms with Crippen molar-refractivity contribution < 1.29 is 15.0 Å². The van der Waals surface area contributed by atoms with Crippen LogP contribution in [0.3, 0.4) is 0 Å². The summed E-state index contributed by atoms with van der Waals surface area (Å²) in [5, 5.41) is 17.4. The maximum atomic E-state index is 10.7. The Balaban J connectivity index is 2.69. The first-order chi connectivity index (χ1) is 7.15. The van der Waals surface area contributed by atoms with Crippen LogP contribution in [0.2, 0.25) is 0 Å². The van der Waals surface area contributed by atoms with E-state index in [0.717, 1.165) is 10.6 Å². The van der Waals surface area contributed by atoms with E-state index in [2.05, 4.69) is 0 Å². The maximum Gasteiger partial charge on any atom is 0.337 e. The molecule has 0 atom stereocenters. The van der Waals surface area contributed by atoms with Crippen LogP contribution >= 0.6 is 11.8 Å². The van der Waals surface area contributed by atoms with Gasteiger partial charge in [-0.3, -0.25) is 0 Å². The van der Waals surface area contributed by atoms with Gasteiger partial charge in [-0.15, -0.1) is 11.8 Å². The largest absolute Gasteiger partial charge is 0.478 e. The molecule has 0 radical (unpaired) electrons. The maximum absolute atomic E-state index is 10.7. The van der Waals surface area contributed by atoms with Crippen LogP contribution < -0.4 is 5.73 Å². The number of rotatable bonds is 5. The van der Waals surface area contributed by atoms with Crippen LogP contribution in [-0.4, -0.2) is 28.5 Å². The van der Waals surface area contributed by atoms with Crippen molar-refractivity contribution in [2.24, 2.45) is 0 Å². The van der Waals surface area contributed by atoms with Crippen molar-refractivity contribution in [2.75, 3.05) is 18.1 Å². The van der Waals surface area contributed by atoms with Crippen LogP contribution in [0.5, 0.6) is 0 Å².